The molecule has 0 saturated heterocycles. The number of anilines is 2. The smallest absolute Gasteiger partial charge is 0.399 e. The summed E-state index contributed by atoms with van der Waals surface area (Å²) < 4.78 is 38.6. The monoisotopic (exact) mass is 274 g/mol. The average Bonchev–Trinajstić information content (AvgIpc) is 2.74. The van der Waals surface area contributed by atoms with Gasteiger partial charge in [-0.3, -0.25) is 0 Å². The Labute approximate surface area is 109 Å². The highest BCUT2D eigenvalue weighted by Crippen LogP contribution is 2.37. The van der Waals surface area contributed by atoms with Gasteiger partial charge < -0.3 is 16.2 Å². The predicted molar refractivity (Wildman–Crippen MR) is 67.8 cm³/mol. The van der Waals surface area contributed by atoms with Gasteiger partial charge in [0.15, 0.2) is 0 Å². The summed E-state index contributed by atoms with van der Waals surface area (Å²) >= 11 is 0. The van der Waals surface area contributed by atoms with Gasteiger partial charge in [0.2, 0.25) is 0 Å². The van der Waals surface area contributed by atoms with E-state index in [0.717, 1.165) is 18.9 Å². The first-order chi connectivity index (χ1) is 8.80. The number of halogens is 3. The molecule has 1 fully saturated rings. The maximum atomic E-state index is 12.9. The molecule has 2 rings (SSSR count). The average molecular weight is 274 g/mol. The first-order valence-corrected chi connectivity index (χ1v) is 6.23. The lowest BCUT2D eigenvalue weighted by Crippen LogP contribution is -2.34. The summed E-state index contributed by atoms with van der Waals surface area (Å²) in [6.07, 6.45) is -1.40. The van der Waals surface area contributed by atoms with Gasteiger partial charge in [0, 0.05) is 17.9 Å². The van der Waals surface area contributed by atoms with Crippen LogP contribution in [-0.4, -0.2) is 17.3 Å². The Morgan fingerprint density at radius 1 is 1.26 bits per heavy atom. The molecule has 0 heterocycles. The van der Waals surface area contributed by atoms with Crippen molar-refractivity contribution in [2.75, 3.05) is 17.6 Å². The molecule has 106 valence electrons. The maximum Gasteiger partial charge on any atom is 0.418 e. The zero-order valence-electron chi connectivity index (χ0n) is 10.4. The highest BCUT2D eigenvalue weighted by molar-refractivity contribution is 5.59. The van der Waals surface area contributed by atoms with Crippen molar-refractivity contribution < 1.29 is 18.3 Å². The van der Waals surface area contributed by atoms with E-state index in [1.807, 2.05) is 0 Å². The Hall–Kier alpha value is -1.43. The van der Waals surface area contributed by atoms with Crippen molar-refractivity contribution in [2.45, 2.75) is 37.5 Å². The van der Waals surface area contributed by atoms with Crippen LogP contribution in [0.15, 0.2) is 18.2 Å². The molecule has 1 aliphatic carbocycles. The molecule has 0 unspecified atom stereocenters. The molecule has 1 aromatic carbocycles. The number of nitrogens with two attached hydrogens (primary N) is 1. The molecular weight excluding hydrogens is 257 g/mol. The predicted octanol–water partition coefficient (Wildman–Crippen LogP) is 3.00. The first-order valence-electron chi connectivity index (χ1n) is 6.23. The minimum atomic E-state index is -4.46. The van der Waals surface area contributed by atoms with E-state index in [9.17, 15) is 18.3 Å². The second-order valence-corrected chi connectivity index (χ2v) is 5.09. The van der Waals surface area contributed by atoms with Gasteiger partial charge in [-0.05, 0) is 31.0 Å². The molecule has 1 saturated carbocycles. The Balaban J connectivity index is 2.16. The zero-order chi connectivity index (χ0) is 14.1. The van der Waals surface area contributed by atoms with Crippen molar-refractivity contribution in [3.63, 3.8) is 0 Å². The molecule has 0 atom stereocenters. The van der Waals surface area contributed by atoms with Crippen LogP contribution in [0.3, 0.4) is 0 Å². The number of aliphatic hydroxyl groups is 1. The largest absolute Gasteiger partial charge is 0.418 e. The molecule has 0 spiro atoms. The van der Waals surface area contributed by atoms with Crippen molar-refractivity contribution in [2.24, 2.45) is 0 Å². The van der Waals surface area contributed by atoms with Crippen LogP contribution in [0.2, 0.25) is 0 Å². The third-order valence-corrected chi connectivity index (χ3v) is 3.49. The Kier molecular flexibility index (Phi) is 3.62. The van der Waals surface area contributed by atoms with Crippen LogP contribution < -0.4 is 11.1 Å². The summed E-state index contributed by atoms with van der Waals surface area (Å²) in [7, 11) is 0. The number of hydrogen-bond acceptors (Lipinski definition) is 3. The summed E-state index contributed by atoms with van der Waals surface area (Å²) in [5, 5.41) is 12.8. The van der Waals surface area contributed by atoms with E-state index in [1.165, 1.54) is 12.1 Å². The zero-order valence-corrected chi connectivity index (χ0v) is 10.4. The lowest BCUT2D eigenvalue weighted by Gasteiger charge is -2.24. The third-order valence-electron chi connectivity index (χ3n) is 3.49. The molecule has 0 radical (unpaired) electrons. The number of alkyl halides is 3. The van der Waals surface area contributed by atoms with Crippen LogP contribution in [0.25, 0.3) is 0 Å². The number of hydrogen-bond donors (Lipinski definition) is 3. The van der Waals surface area contributed by atoms with E-state index in [1.54, 1.807) is 0 Å². The molecule has 6 heteroatoms. The Morgan fingerprint density at radius 2 is 1.89 bits per heavy atom. The fraction of sp³-hybridized carbons (Fsp3) is 0.538. The third kappa shape index (κ3) is 3.32. The molecule has 1 aromatic rings. The topological polar surface area (TPSA) is 58.3 Å². The van der Waals surface area contributed by atoms with E-state index >= 15 is 0 Å². The minimum absolute atomic E-state index is 0.0398. The van der Waals surface area contributed by atoms with E-state index in [-0.39, 0.29) is 17.9 Å². The highest BCUT2D eigenvalue weighted by Gasteiger charge is 2.35. The Morgan fingerprint density at radius 3 is 2.47 bits per heavy atom. The van der Waals surface area contributed by atoms with Crippen LogP contribution in [-0.2, 0) is 6.18 Å². The fourth-order valence-corrected chi connectivity index (χ4v) is 2.42. The molecule has 4 N–H and O–H groups in total. The summed E-state index contributed by atoms with van der Waals surface area (Å²) in [5.74, 6) is 0. The second-order valence-electron chi connectivity index (χ2n) is 5.09. The first kappa shape index (κ1) is 14.0. The number of nitrogens with one attached hydrogen (secondary N) is 1. The number of benzene rings is 1. The van der Waals surface area contributed by atoms with Gasteiger partial charge in [-0.25, -0.2) is 0 Å². The molecule has 0 bridgehead atoms. The molecule has 0 aromatic heterocycles. The van der Waals surface area contributed by atoms with Gasteiger partial charge >= 0.3 is 6.18 Å². The molecule has 1 aliphatic rings. The van der Waals surface area contributed by atoms with Crippen molar-refractivity contribution in [3.05, 3.63) is 23.8 Å². The minimum Gasteiger partial charge on any atom is -0.399 e. The van der Waals surface area contributed by atoms with Crippen LogP contribution in [0.4, 0.5) is 24.5 Å². The normalized spacial score (nSPS) is 18.5. The Bertz CT molecular complexity index is 454. The van der Waals surface area contributed by atoms with E-state index in [0.29, 0.717) is 12.8 Å². The van der Waals surface area contributed by atoms with Gasteiger partial charge in [-0.1, -0.05) is 12.8 Å². The van der Waals surface area contributed by atoms with E-state index in [4.69, 9.17) is 5.73 Å². The molecule has 3 nitrogen and oxygen atoms in total. The molecule has 0 aliphatic heterocycles. The quantitative estimate of drug-likeness (QED) is 0.743. The van der Waals surface area contributed by atoms with Crippen LogP contribution in [0, 0.1) is 0 Å². The van der Waals surface area contributed by atoms with Crippen molar-refractivity contribution in [3.8, 4) is 0 Å². The SMILES string of the molecule is Nc1ccc(NCC2(O)CCCC2)c(C(F)(F)F)c1. The van der Waals surface area contributed by atoms with Crippen LogP contribution >= 0.6 is 0 Å². The summed E-state index contributed by atoms with van der Waals surface area (Å²) in [4.78, 5) is 0. The molecule has 19 heavy (non-hydrogen) atoms. The standard InChI is InChI=1S/C13H17F3N2O/c14-13(15,16)10-7-9(17)3-4-11(10)18-8-12(19)5-1-2-6-12/h3-4,7,18-19H,1-2,5-6,8,17H2. The summed E-state index contributed by atoms with van der Waals surface area (Å²) in [6.45, 7) is 0.125. The van der Waals surface area contributed by atoms with Crippen LogP contribution in [0.5, 0.6) is 0 Å². The lowest BCUT2D eigenvalue weighted by atomic mass is 10.0. The van der Waals surface area contributed by atoms with Gasteiger partial charge in [-0.15, -0.1) is 0 Å². The maximum absolute atomic E-state index is 12.9. The van der Waals surface area contributed by atoms with Crippen molar-refractivity contribution in [1.29, 1.82) is 0 Å². The van der Waals surface area contributed by atoms with E-state index < -0.39 is 17.3 Å². The number of nitrogen functional groups attached to an aromatic ring is 1. The lowest BCUT2D eigenvalue weighted by molar-refractivity contribution is -0.137. The second kappa shape index (κ2) is 4.92. The molecule has 0 amide bonds. The summed E-state index contributed by atoms with van der Waals surface area (Å²) in [5.41, 5.74) is 3.72. The fourth-order valence-electron chi connectivity index (χ4n) is 2.42. The number of rotatable bonds is 3. The van der Waals surface area contributed by atoms with Gasteiger partial charge in [0.25, 0.3) is 0 Å². The van der Waals surface area contributed by atoms with Gasteiger partial charge in [-0.2, -0.15) is 13.2 Å². The molecular formula is C13H17F3N2O. The summed E-state index contributed by atoms with van der Waals surface area (Å²) in [6, 6.07) is 3.62. The van der Waals surface area contributed by atoms with Crippen molar-refractivity contribution >= 4 is 11.4 Å². The van der Waals surface area contributed by atoms with Gasteiger partial charge in [0.1, 0.15) is 0 Å². The van der Waals surface area contributed by atoms with Crippen molar-refractivity contribution in [1.82, 2.24) is 0 Å². The van der Waals surface area contributed by atoms with Crippen LogP contribution in [0.1, 0.15) is 31.2 Å². The van der Waals surface area contributed by atoms with Gasteiger partial charge in [0.05, 0.1) is 11.2 Å². The van der Waals surface area contributed by atoms with E-state index in [2.05, 4.69) is 5.32 Å². The highest BCUT2D eigenvalue weighted by atomic mass is 19.4.